The molecule has 1 unspecified atom stereocenters. The smallest absolute Gasteiger partial charge is 0.222 e. The molecule has 0 aliphatic carbocycles. The van der Waals surface area contributed by atoms with E-state index in [2.05, 4.69) is 5.32 Å². The van der Waals surface area contributed by atoms with E-state index in [9.17, 15) is 18.8 Å². The molecule has 5 heteroatoms. The number of nitrogens with zero attached hydrogens (tertiary/aromatic N) is 1. The van der Waals surface area contributed by atoms with E-state index in [-0.39, 0.29) is 17.9 Å². The van der Waals surface area contributed by atoms with Crippen molar-refractivity contribution < 1.29 is 13.6 Å². The van der Waals surface area contributed by atoms with Crippen LogP contribution in [0.25, 0.3) is 0 Å². The second-order valence-electron chi connectivity index (χ2n) is 6.37. The molecule has 1 N–H and O–H groups in total. The van der Waals surface area contributed by atoms with Crippen LogP contribution >= 0.6 is 0 Å². The van der Waals surface area contributed by atoms with Gasteiger partial charge in [-0.25, -0.2) is 8.78 Å². The molecule has 0 aromatic heterocycles. The Labute approximate surface area is 162 Å². The molecule has 3 aromatic carbocycles. The number of amides is 1. The van der Waals surface area contributed by atoms with Crippen LogP contribution in [0, 0.1) is 23.0 Å². The fourth-order valence-electron chi connectivity index (χ4n) is 3.12. The fraction of sp³-hybridized carbons (Fsp3) is 0.130. The van der Waals surface area contributed by atoms with Crippen molar-refractivity contribution in [2.45, 2.75) is 18.4 Å². The lowest BCUT2D eigenvalue weighted by Crippen LogP contribution is -2.29. The van der Waals surface area contributed by atoms with E-state index in [1.807, 2.05) is 66.7 Å². The SMILES string of the molecule is N#CC(NC(=O)CC(c1ccccc1)c1ccccc1)c1ccc(F)cc1F. The standard InChI is InChI=1S/C23H18F2N2O/c24-18-11-12-19(21(25)13-18)22(15-26)27-23(28)14-20(16-7-3-1-4-8-16)17-9-5-2-6-10-17/h1-13,20,22H,14H2,(H,27,28). The Bertz CT molecular complexity index is 945. The third-order valence-corrected chi connectivity index (χ3v) is 4.50. The van der Waals surface area contributed by atoms with Gasteiger partial charge in [-0.1, -0.05) is 66.7 Å². The molecular weight excluding hydrogens is 358 g/mol. The molecule has 0 heterocycles. The third kappa shape index (κ3) is 4.60. The lowest BCUT2D eigenvalue weighted by molar-refractivity contribution is -0.121. The maximum absolute atomic E-state index is 14.0. The molecule has 0 saturated heterocycles. The van der Waals surface area contributed by atoms with Crippen LogP contribution in [0.5, 0.6) is 0 Å². The normalized spacial score (nSPS) is 11.6. The molecule has 0 saturated carbocycles. The first kappa shape index (κ1) is 19.2. The lowest BCUT2D eigenvalue weighted by Gasteiger charge is -2.19. The van der Waals surface area contributed by atoms with Crippen LogP contribution in [0.3, 0.4) is 0 Å². The zero-order valence-electron chi connectivity index (χ0n) is 15.0. The van der Waals surface area contributed by atoms with Gasteiger partial charge < -0.3 is 5.32 Å². The van der Waals surface area contributed by atoms with Gasteiger partial charge in [0.05, 0.1) is 6.07 Å². The Morgan fingerprint density at radius 1 is 0.929 bits per heavy atom. The summed E-state index contributed by atoms with van der Waals surface area (Å²) in [7, 11) is 0. The number of benzene rings is 3. The van der Waals surface area contributed by atoms with E-state index in [0.717, 1.165) is 17.2 Å². The van der Waals surface area contributed by atoms with Gasteiger partial charge in [0.15, 0.2) is 0 Å². The molecule has 3 nitrogen and oxygen atoms in total. The minimum absolute atomic E-state index is 0.0618. The molecule has 1 atom stereocenters. The van der Waals surface area contributed by atoms with Gasteiger partial charge in [-0.3, -0.25) is 4.79 Å². The van der Waals surface area contributed by atoms with Crippen LogP contribution in [-0.4, -0.2) is 5.91 Å². The molecular formula is C23H18F2N2O. The zero-order chi connectivity index (χ0) is 19.9. The largest absolute Gasteiger partial charge is 0.337 e. The summed E-state index contributed by atoms with van der Waals surface area (Å²) in [6.07, 6.45) is 0.0923. The predicted octanol–water partition coefficient (Wildman–Crippen LogP) is 4.87. The molecule has 0 aliphatic rings. The summed E-state index contributed by atoms with van der Waals surface area (Å²) >= 11 is 0. The highest BCUT2D eigenvalue weighted by atomic mass is 19.1. The van der Waals surface area contributed by atoms with Crippen LogP contribution in [0.4, 0.5) is 8.78 Å². The highest BCUT2D eigenvalue weighted by Gasteiger charge is 2.22. The van der Waals surface area contributed by atoms with E-state index in [0.29, 0.717) is 6.07 Å². The predicted molar refractivity (Wildman–Crippen MR) is 102 cm³/mol. The number of carbonyl (C=O) groups is 1. The van der Waals surface area contributed by atoms with Crippen molar-refractivity contribution in [3.05, 3.63) is 107 Å². The molecule has 28 heavy (non-hydrogen) atoms. The zero-order valence-corrected chi connectivity index (χ0v) is 15.0. The fourth-order valence-corrected chi connectivity index (χ4v) is 3.12. The Morgan fingerprint density at radius 3 is 2.00 bits per heavy atom. The van der Waals surface area contributed by atoms with Gasteiger partial charge in [-0.05, 0) is 17.2 Å². The summed E-state index contributed by atoms with van der Waals surface area (Å²) in [5.41, 5.74) is 1.86. The summed E-state index contributed by atoms with van der Waals surface area (Å²) in [6.45, 7) is 0. The topological polar surface area (TPSA) is 52.9 Å². The molecule has 0 spiro atoms. The first-order valence-electron chi connectivity index (χ1n) is 8.82. The van der Waals surface area contributed by atoms with Gasteiger partial charge >= 0.3 is 0 Å². The van der Waals surface area contributed by atoms with Crippen molar-refractivity contribution in [3.63, 3.8) is 0 Å². The quantitative estimate of drug-likeness (QED) is 0.667. The summed E-state index contributed by atoms with van der Waals surface area (Å²) in [5, 5.41) is 11.9. The van der Waals surface area contributed by atoms with Gasteiger partial charge in [0.1, 0.15) is 17.7 Å². The summed E-state index contributed by atoms with van der Waals surface area (Å²) in [5.74, 6) is -2.21. The minimum atomic E-state index is -1.19. The maximum Gasteiger partial charge on any atom is 0.222 e. The first-order chi connectivity index (χ1) is 13.6. The summed E-state index contributed by atoms with van der Waals surface area (Å²) < 4.78 is 27.1. The van der Waals surface area contributed by atoms with Gasteiger partial charge in [0.2, 0.25) is 5.91 Å². The van der Waals surface area contributed by atoms with Gasteiger partial charge in [0.25, 0.3) is 0 Å². The number of hydrogen-bond donors (Lipinski definition) is 1. The van der Waals surface area contributed by atoms with Crippen molar-refractivity contribution in [2.75, 3.05) is 0 Å². The number of nitriles is 1. The molecule has 0 fully saturated rings. The van der Waals surface area contributed by atoms with Crippen molar-refractivity contribution in [2.24, 2.45) is 0 Å². The molecule has 0 bridgehead atoms. The van der Waals surface area contributed by atoms with Crippen LogP contribution in [0.1, 0.15) is 35.1 Å². The number of halogens is 2. The van der Waals surface area contributed by atoms with Gasteiger partial charge in [-0.15, -0.1) is 0 Å². The Hall–Kier alpha value is -3.52. The van der Waals surface area contributed by atoms with E-state index in [1.54, 1.807) is 0 Å². The summed E-state index contributed by atoms with van der Waals surface area (Å²) in [4.78, 5) is 12.7. The Morgan fingerprint density at radius 2 is 1.50 bits per heavy atom. The maximum atomic E-state index is 14.0. The molecule has 3 rings (SSSR count). The first-order valence-corrected chi connectivity index (χ1v) is 8.82. The number of rotatable bonds is 6. The van der Waals surface area contributed by atoms with E-state index >= 15 is 0 Å². The molecule has 140 valence electrons. The lowest BCUT2D eigenvalue weighted by atomic mass is 9.88. The molecule has 3 aromatic rings. The van der Waals surface area contributed by atoms with E-state index in [1.165, 1.54) is 6.07 Å². The molecule has 0 radical (unpaired) electrons. The Kier molecular flexibility index (Phi) is 6.13. The molecule has 0 aliphatic heterocycles. The van der Waals surface area contributed by atoms with Crippen molar-refractivity contribution in [1.29, 1.82) is 5.26 Å². The second-order valence-corrected chi connectivity index (χ2v) is 6.37. The van der Waals surface area contributed by atoms with Gasteiger partial charge in [-0.2, -0.15) is 5.26 Å². The monoisotopic (exact) mass is 376 g/mol. The van der Waals surface area contributed by atoms with Crippen LogP contribution < -0.4 is 5.32 Å². The van der Waals surface area contributed by atoms with Crippen molar-refractivity contribution in [1.82, 2.24) is 5.32 Å². The average molecular weight is 376 g/mol. The van der Waals surface area contributed by atoms with Crippen LogP contribution in [0.2, 0.25) is 0 Å². The van der Waals surface area contributed by atoms with Gasteiger partial charge in [0, 0.05) is 24.0 Å². The van der Waals surface area contributed by atoms with Crippen molar-refractivity contribution >= 4 is 5.91 Å². The number of carbonyl (C=O) groups excluding carboxylic acids is 1. The number of hydrogen-bond acceptors (Lipinski definition) is 2. The Balaban J connectivity index is 1.81. The van der Waals surface area contributed by atoms with Crippen LogP contribution in [-0.2, 0) is 4.79 Å². The van der Waals surface area contributed by atoms with Crippen LogP contribution in [0.15, 0.2) is 78.9 Å². The second kappa shape index (κ2) is 8.92. The summed E-state index contributed by atoms with van der Waals surface area (Å²) in [6, 6.07) is 22.7. The molecule has 1 amide bonds. The van der Waals surface area contributed by atoms with E-state index in [4.69, 9.17) is 0 Å². The number of nitrogens with one attached hydrogen (secondary N) is 1. The minimum Gasteiger partial charge on any atom is -0.337 e. The van der Waals surface area contributed by atoms with Crippen molar-refractivity contribution in [3.8, 4) is 6.07 Å². The van der Waals surface area contributed by atoms with E-state index < -0.39 is 23.6 Å². The highest BCUT2D eigenvalue weighted by Crippen LogP contribution is 2.28. The highest BCUT2D eigenvalue weighted by molar-refractivity contribution is 5.78. The third-order valence-electron chi connectivity index (χ3n) is 4.50. The average Bonchev–Trinajstić information content (AvgIpc) is 2.72.